The summed E-state index contributed by atoms with van der Waals surface area (Å²) in [5.41, 5.74) is -2.81. The fourth-order valence-corrected chi connectivity index (χ4v) is 2.23. The maximum atomic E-state index is 13.6. The van der Waals surface area contributed by atoms with Crippen molar-refractivity contribution in [2.24, 2.45) is 0 Å². The van der Waals surface area contributed by atoms with Crippen molar-refractivity contribution in [3.05, 3.63) is 12.2 Å². The van der Waals surface area contributed by atoms with Crippen LogP contribution in [-0.2, 0) is 29.2 Å². The Balaban J connectivity index is 6.48. The van der Waals surface area contributed by atoms with E-state index in [2.05, 4.69) is 9.47 Å². The number of hydrogen-bond acceptors (Lipinski definition) is 6. The van der Waals surface area contributed by atoms with E-state index in [9.17, 15) is 75.1 Å². The van der Waals surface area contributed by atoms with Crippen LogP contribution in [0.3, 0.4) is 0 Å². The number of hydrogen-bond donors (Lipinski definition) is 2. The SMILES string of the molecule is C=C(C(=O)OC(OCCC(F)(F)C(F)(F)S(=O)(=O)O)(C(=O)NC(C)C(F)(F)F)C(F)(F)F)C(F)(F)F. The minimum atomic E-state index is -6.94. The van der Waals surface area contributed by atoms with Crippen molar-refractivity contribution in [2.45, 2.75) is 54.9 Å². The molecular weight excluding hydrogens is 573 g/mol. The number of nitrogens with one attached hydrogen (secondary N) is 1. The second-order valence-corrected chi connectivity index (χ2v) is 7.97. The van der Waals surface area contributed by atoms with Crippen LogP contribution in [0.4, 0.5) is 57.1 Å². The van der Waals surface area contributed by atoms with Crippen LogP contribution >= 0.6 is 0 Å². The molecule has 0 aliphatic carbocycles. The molecule has 1 amide bonds. The lowest BCUT2D eigenvalue weighted by molar-refractivity contribution is -0.351. The number of rotatable bonds is 10. The lowest BCUT2D eigenvalue weighted by Gasteiger charge is -2.35. The van der Waals surface area contributed by atoms with Crippen LogP contribution in [0.5, 0.6) is 0 Å². The normalized spacial score (nSPS) is 16.6. The van der Waals surface area contributed by atoms with Crippen molar-refractivity contribution in [1.82, 2.24) is 5.32 Å². The molecule has 0 saturated heterocycles. The summed E-state index contributed by atoms with van der Waals surface area (Å²) in [7, 11) is -6.94. The van der Waals surface area contributed by atoms with Gasteiger partial charge in [0.25, 0.3) is 0 Å². The summed E-state index contributed by atoms with van der Waals surface area (Å²) in [6.45, 7) is -0.676. The third kappa shape index (κ3) is 7.33. The van der Waals surface area contributed by atoms with Crippen molar-refractivity contribution in [2.75, 3.05) is 6.61 Å². The van der Waals surface area contributed by atoms with Crippen LogP contribution in [0.2, 0.25) is 0 Å². The van der Waals surface area contributed by atoms with E-state index in [0.29, 0.717) is 5.32 Å². The van der Waals surface area contributed by atoms with E-state index in [4.69, 9.17) is 4.55 Å². The average molecular weight is 585 g/mol. The van der Waals surface area contributed by atoms with Gasteiger partial charge in [-0.15, -0.1) is 0 Å². The topological polar surface area (TPSA) is 119 Å². The molecule has 2 atom stereocenters. The predicted octanol–water partition coefficient (Wildman–Crippen LogP) is 3.50. The van der Waals surface area contributed by atoms with Crippen molar-refractivity contribution in [3.63, 3.8) is 0 Å². The Morgan fingerprint density at radius 2 is 1.39 bits per heavy atom. The van der Waals surface area contributed by atoms with Gasteiger partial charge in [0.15, 0.2) is 0 Å². The molecule has 0 heterocycles. The summed E-state index contributed by atoms with van der Waals surface area (Å²) in [6.07, 6.45) is -21.0. The number of carbonyl (C=O) groups is 2. The first-order chi connectivity index (χ1) is 15.5. The number of esters is 1. The average Bonchev–Trinajstić information content (AvgIpc) is 2.62. The predicted molar refractivity (Wildman–Crippen MR) is 85.7 cm³/mol. The zero-order valence-corrected chi connectivity index (χ0v) is 17.7. The summed E-state index contributed by atoms with van der Waals surface area (Å²) >= 11 is 0. The molecule has 0 bridgehead atoms. The Morgan fingerprint density at radius 3 is 1.72 bits per heavy atom. The summed E-state index contributed by atoms with van der Waals surface area (Å²) in [6, 6.07) is -3.27. The minimum Gasteiger partial charge on any atom is -0.412 e. The first-order valence-corrected chi connectivity index (χ1v) is 9.79. The Hall–Kier alpha value is -2.36. The lowest BCUT2D eigenvalue weighted by atomic mass is 10.2. The van der Waals surface area contributed by atoms with Gasteiger partial charge in [-0.25, -0.2) is 4.79 Å². The van der Waals surface area contributed by atoms with Gasteiger partial charge < -0.3 is 14.8 Å². The van der Waals surface area contributed by atoms with Gasteiger partial charge in [-0.2, -0.15) is 65.5 Å². The van der Waals surface area contributed by atoms with E-state index in [1.807, 2.05) is 6.58 Å². The monoisotopic (exact) mass is 585 g/mol. The first kappa shape index (κ1) is 33.6. The van der Waals surface area contributed by atoms with Crippen molar-refractivity contribution in [1.29, 1.82) is 0 Å². The maximum Gasteiger partial charge on any atom is 0.466 e. The lowest BCUT2D eigenvalue weighted by Crippen LogP contribution is -2.64. The molecule has 2 unspecified atom stereocenters. The second kappa shape index (κ2) is 10.2. The minimum absolute atomic E-state index is 0.0314. The summed E-state index contributed by atoms with van der Waals surface area (Å²) in [4.78, 5) is 23.5. The summed E-state index contributed by atoms with van der Waals surface area (Å²) in [5, 5.41) is -5.92. The van der Waals surface area contributed by atoms with Crippen LogP contribution < -0.4 is 5.32 Å². The van der Waals surface area contributed by atoms with E-state index in [-0.39, 0.29) is 6.92 Å². The van der Waals surface area contributed by atoms with Crippen LogP contribution in [0.15, 0.2) is 12.2 Å². The Bertz CT molecular complexity index is 956. The van der Waals surface area contributed by atoms with Crippen LogP contribution in [0, 0.1) is 0 Å². The van der Waals surface area contributed by atoms with Crippen molar-refractivity contribution in [3.8, 4) is 0 Å². The number of halogens is 13. The highest BCUT2D eigenvalue weighted by molar-refractivity contribution is 7.87. The molecule has 212 valence electrons. The number of ether oxygens (including phenoxy) is 2. The van der Waals surface area contributed by atoms with Gasteiger partial charge >= 0.3 is 57.5 Å². The van der Waals surface area contributed by atoms with Crippen LogP contribution in [0.25, 0.3) is 0 Å². The zero-order chi connectivity index (χ0) is 29.3. The zero-order valence-electron chi connectivity index (χ0n) is 16.9. The van der Waals surface area contributed by atoms with E-state index in [1.165, 1.54) is 0 Å². The second-order valence-electron chi connectivity index (χ2n) is 6.51. The highest BCUT2D eigenvalue weighted by Crippen LogP contribution is 2.42. The Labute approximate surface area is 191 Å². The van der Waals surface area contributed by atoms with E-state index < -0.39 is 82.1 Å². The van der Waals surface area contributed by atoms with Crippen molar-refractivity contribution >= 4 is 22.0 Å². The van der Waals surface area contributed by atoms with E-state index in [1.54, 1.807) is 0 Å². The molecule has 36 heavy (non-hydrogen) atoms. The molecular formula is C14H12F13NO7S. The highest BCUT2D eigenvalue weighted by atomic mass is 32.2. The smallest absolute Gasteiger partial charge is 0.412 e. The molecule has 0 aliphatic rings. The number of amides is 1. The molecule has 0 aliphatic heterocycles. The van der Waals surface area contributed by atoms with Crippen molar-refractivity contribution < 1.29 is 89.1 Å². The quantitative estimate of drug-likeness (QED) is 0.133. The fourth-order valence-electron chi connectivity index (χ4n) is 1.75. The fraction of sp³-hybridized carbons (Fsp3) is 0.714. The highest BCUT2D eigenvalue weighted by Gasteiger charge is 2.69. The first-order valence-electron chi connectivity index (χ1n) is 8.35. The maximum absolute atomic E-state index is 13.6. The van der Waals surface area contributed by atoms with Crippen LogP contribution in [0.1, 0.15) is 13.3 Å². The molecule has 0 radical (unpaired) electrons. The molecule has 0 fully saturated rings. The van der Waals surface area contributed by atoms with Gasteiger partial charge in [-0.3, -0.25) is 9.35 Å². The van der Waals surface area contributed by atoms with Gasteiger partial charge in [0.2, 0.25) is 0 Å². The standard InChI is InChI=1S/C14H12F13NO7S/c1-5(11(17,18)19)7(29)35-10(13(23,24)25,8(30)28-6(2)12(20,21)22)34-4-3-9(15,16)14(26,27)36(31,32)33/h6H,1,3-4H2,2H3,(H,28,30)(H,31,32,33). The molecule has 0 aromatic carbocycles. The molecule has 0 rings (SSSR count). The molecule has 0 saturated carbocycles. The molecule has 8 nitrogen and oxygen atoms in total. The third-order valence-corrected chi connectivity index (χ3v) is 4.75. The Kier molecular flexibility index (Phi) is 9.52. The van der Waals surface area contributed by atoms with Gasteiger partial charge in [0.05, 0.1) is 6.61 Å². The van der Waals surface area contributed by atoms with Gasteiger partial charge in [-0.05, 0) is 6.92 Å². The number of alkyl halides is 13. The van der Waals surface area contributed by atoms with Gasteiger partial charge in [-0.1, -0.05) is 6.58 Å². The molecule has 0 spiro atoms. The van der Waals surface area contributed by atoms with Gasteiger partial charge in [0.1, 0.15) is 11.6 Å². The molecule has 2 N–H and O–H groups in total. The molecule has 0 aromatic heterocycles. The van der Waals surface area contributed by atoms with Gasteiger partial charge in [0, 0.05) is 6.42 Å². The van der Waals surface area contributed by atoms with E-state index in [0.717, 1.165) is 0 Å². The number of carbonyl (C=O) groups excluding carboxylic acids is 2. The van der Waals surface area contributed by atoms with Crippen LogP contribution in [-0.4, -0.2) is 73.0 Å². The molecule has 22 heteroatoms. The molecule has 0 aromatic rings. The third-order valence-electron chi connectivity index (χ3n) is 3.81. The van der Waals surface area contributed by atoms with E-state index >= 15 is 0 Å². The summed E-state index contributed by atoms with van der Waals surface area (Å²) in [5.74, 6) is -18.1. The summed E-state index contributed by atoms with van der Waals surface area (Å²) < 4.78 is 205. The largest absolute Gasteiger partial charge is 0.466 e. The Morgan fingerprint density at radius 1 is 0.944 bits per heavy atom.